The number of carbonyl (C=O) groups is 2. The molecule has 0 bridgehead atoms. The number of benzene rings is 2. The first-order valence-corrected chi connectivity index (χ1v) is 9.37. The van der Waals surface area contributed by atoms with Crippen LogP contribution in [0.25, 0.3) is 0 Å². The van der Waals surface area contributed by atoms with E-state index in [-0.39, 0.29) is 17.1 Å². The van der Waals surface area contributed by atoms with Crippen LogP contribution >= 0.6 is 23.4 Å². The van der Waals surface area contributed by atoms with E-state index >= 15 is 0 Å². The van der Waals surface area contributed by atoms with Crippen molar-refractivity contribution in [3.05, 3.63) is 59.1 Å². The van der Waals surface area contributed by atoms with Crippen molar-refractivity contribution in [1.29, 1.82) is 0 Å². The van der Waals surface area contributed by atoms with Crippen LogP contribution in [0, 0.1) is 0 Å². The molecular formula is C19H21ClN2O2S. The molecule has 0 spiro atoms. The van der Waals surface area contributed by atoms with Crippen LogP contribution < -0.4 is 10.6 Å². The molecule has 25 heavy (non-hydrogen) atoms. The van der Waals surface area contributed by atoms with Gasteiger partial charge in [0, 0.05) is 16.5 Å². The molecule has 6 heteroatoms. The molecule has 0 unspecified atom stereocenters. The number of nitrogens with one attached hydrogen (secondary N) is 2. The molecule has 0 radical (unpaired) electrons. The van der Waals surface area contributed by atoms with Gasteiger partial charge in [0.25, 0.3) is 5.91 Å². The highest BCUT2D eigenvalue weighted by Crippen LogP contribution is 2.26. The zero-order valence-electron chi connectivity index (χ0n) is 14.2. The molecule has 0 aromatic heterocycles. The van der Waals surface area contributed by atoms with Gasteiger partial charge >= 0.3 is 0 Å². The lowest BCUT2D eigenvalue weighted by Gasteiger charge is -2.14. The van der Waals surface area contributed by atoms with Crippen molar-refractivity contribution >= 4 is 40.9 Å². The molecular weight excluding hydrogens is 356 g/mol. The maximum absolute atomic E-state index is 12.5. The smallest absolute Gasteiger partial charge is 0.253 e. The number of rotatable bonds is 7. The van der Waals surface area contributed by atoms with Crippen LogP contribution in [0.15, 0.2) is 53.4 Å². The number of thioether (sulfide) groups is 1. The van der Waals surface area contributed by atoms with Crippen LogP contribution in [0.1, 0.15) is 30.6 Å². The zero-order valence-corrected chi connectivity index (χ0v) is 15.8. The third-order valence-electron chi connectivity index (χ3n) is 3.46. The van der Waals surface area contributed by atoms with Crippen LogP contribution in [0.5, 0.6) is 0 Å². The summed E-state index contributed by atoms with van der Waals surface area (Å²) in [5.74, 6) is -0.341. The second kappa shape index (κ2) is 9.49. The Kier molecular flexibility index (Phi) is 7.34. The molecule has 2 aromatic carbocycles. The lowest BCUT2D eigenvalue weighted by atomic mass is 10.1. The van der Waals surface area contributed by atoms with E-state index < -0.39 is 0 Å². The topological polar surface area (TPSA) is 58.2 Å². The fourth-order valence-corrected chi connectivity index (χ4v) is 3.12. The van der Waals surface area contributed by atoms with Gasteiger partial charge in [0.05, 0.1) is 16.5 Å². The Morgan fingerprint density at radius 1 is 1.12 bits per heavy atom. The summed E-state index contributed by atoms with van der Waals surface area (Å²) in [6.07, 6.45) is 0.856. The maximum Gasteiger partial charge on any atom is 0.253 e. The third kappa shape index (κ3) is 5.80. The van der Waals surface area contributed by atoms with Gasteiger partial charge in [0.15, 0.2) is 0 Å². The first-order valence-electron chi connectivity index (χ1n) is 8.11. The highest BCUT2D eigenvalue weighted by molar-refractivity contribution is 8.00. The van der Waals surface area contributed by atoms with Crippen molar-refractivity contribution in [3.63, 3.8) is 0 Å². The standard InChI is InChI=1S/C19H21ClN2O2S/c1-3-12-21-19(24)16-6-4-5-7-17(16)22-18(23)13(2)25-15-10-8-14(20)9-11-15/h4-11,13H,3,12H2,1-2H3,(H,21,24)(H,22,23)/t13-/m1/s1. The van der Waals surface area contributed by atoms with E-state index in [1.807, 2.05) is 26.0 Å². The molecule has 2 amide bonds. The fraction of sp³-hybridized carbons (Fsp3) is 0.263. The first kappa shape index (κ1) is 19.3. The summed E-state index contributed by atoms with van der Waals surface area (Å²) in [6.45, 7) is 4.42. The molecule has 132 valence electrons. The molecule has 1 atom stereocenters. The average molecular weight is 377 g/mol. The van der Waals surface area contributed by atoms with E-state index in [1.165, 1.54) is 11.8 Å². The number of hydrogen-bond donors (Lipinski definition) is 2. The Bertz CT molecular complexity index is 734. The maximum atomic E-state index is 12.5. The lowest BCUT2D eigenvalue weighted by molar-refractivity contribution is -0.115. The second-order valence-corrected chi connectivity index (χ2v) is 7.36. The molecule has 4 nitrogen and oxygen atoms in total. The third-order valence-corrected chi connectivity index (χ3v) is 4.82. The number of anilines is 1. The zero-order chi connectivity index (χ0) is 18.2. The van der Waals surface area contributed by atoms with E-state index in [1.54, 1.807) is 36.4 Å². The van der Waals surface area contributed by atoms with Gasteiger partial charge in [-0.1, -0.05) is 30.7 Å². The quantitative estimate of drug-likeness (QED) is 0.694. The van der Waals surface area contributed by atoms with Gasteiger partial charge in [-0.15, -0.1) is 11.8 Å². The van der Waals surface area contributed by atoms with Crippen LogP contribution in [0.2, 0.25) is 5.02 Å². The van der Waals surface area contributed by atoms with Gasteiger partial charge < -0.3 is 10.6 Å². The predicted molar refractivity (Wildman–Crippen MR) is 104 cm³/mol. The normalized spacial score (nSPS) is 11.6. The predicted octanol–water partition coefficient (Wildman–Crippen LogP) is 4.60. The monoisotopic (exact) mass is 376 g/mol. The molecule has 2 aromatic rings. The molecule has 0 saturated heterocycles. The average Bonchev–Trinajstić information content (AvgIpc) is 2.62. The Balaban J connectivity index is 2.04. The van der Waals surface area contributed by atoms with Crippen molar-refractivity contribution in [2.75, 3.05) is 11.9 Å². The summed E-state index contributed by atoms with van der Waals surface area (Å²) in [7, 11) is 0. The summed E-state index contributed by atoms with van der Waals surface area (Å²) < 4.78 is 0. The van der Waals surface area contributed by atoms with Gasteiger partial charge in [0.1, 0.15) is 0 Å². The number of carbonyl (C=O) groups excluding carboxylic acids is 2. The van der Waals surface area contributed by atoms with Crippen LogP contribution in [-0.4, -0.2) is 23.6 Å². The van der Waals surface area contributed by atoms with Gasteiger partial charge in [-0.3, -0.25) is 9.59 Å². The highest BCUT2D eigenvalue weighted by atomic mass is 35.5. The summed E-state index contributed by atoms with van der Waals surface area (Å²) in [4.78, 5) is 25.7. The summed E-state index contributed by atoms with van der Waals surface area (Å²) in [5, 5.41) is 6.03. The van der Waals surface area contributed by atoms with Crippen molar-refractivity contribution in [2.24, 2.45) is 0 Å². The van der Waals surface area contributed by atoms with Gasteiger partial charge in [0.2, 0.25) is 5.91 Å². The van der Waals surface area contributed by atoms with Crippen molar-refractivity contribution in [1.82, 2.24) is 5.32 Å². The van der Waals surface area contributed by atoms with E-state index in [0.717, 1.165) is 11.3 Å². The minimum absolute atomic E-state index is 0.157. The summed E-state index contributed by atoms with van der Waals surface area (Å²) in [5.41, 5.74) is 0.984. The lowest BCUT2D eigenvalue weighted by Crippen LogP contribution is -2.27. The Morgan fingerprint density at radius 2 is 1.80 bits per heavy atom. The van der Waals surface area contributed by atoms with E-state index in [4.69, 9.17) is 11.6 Å². The number of halogens is 1. The molecule has 2 rings (SSSR count). The van der Waals surface area contributed by atoms with Crippen LogP contribution in [0.4, 0.5) is 5.69 Å². The van der Waals surface area contributed by atoms with E-state index in [0.29, 0.717) is 22.8 Å². The second-order valence-electron chi connectivity index (χ2n) is 5.50. The fourth-order valence-electron chi connectivity index (χ4n) is 2.13. The number of amides is 2. The van der Waals surface area contributed by atoms with Crippen LogP contribution in [-0.2, 0) is 4.79 Å². The molecule has 0 fully saturated rings. The Labute approximate surface area is 157 Å². The molecule has 0 aliphatic carbocycles. The molecule has 0 saturated carbocycles. The largest absolute Gasteiger partial charge is 0.352 e. The minimum atomic E-state index is -0.312. The highest BCUT2D eigenvalue weighted by Gasteiger charge is 2.18. The Morgan fingerprint density at radius 3 is 2.48 bits per heavy atom. The summed E-state index contributed by atoms with van der Waals surface area (Å²) >= 11 is 7.31. The van der Waals surface area contributed by atoms with Crippen molar-refractivity contribution in [3.8, 4) is 0 Å². The summed E-state index contributed by atoms with van der Waals surface area (Å²) in [6, 6.07) is 14.4. The van der Waals surface area contributed by atoms with Crippen molar-refractivity contribution in [2.45, 2.75) is 30.4 Å². The van der Waals surface area contributed by atoms with Gasteiger partial charge in [-0.05, 0) is 49.7 Å². The molecule has 2 N–H and O–H groups in total. The molecule has 0 heterocycles. The Hall–Kier alpha value is -1.98. The molecule has 0 aliphatic rings. The van der Waals surface area contributed by atoms with Crippen LogP contribution in [0.3, 0.4) is 0 Å². The minimum Gasteiger partial charge on any atom is -0.352 e. The molecule has 0 aliphatic heterocycles. The van der Waals surface area contributed by atoms with E-state index in [2.05, 4.69) is 10.6 Å². The van der Waals surface area contributed by atoms with Crippen molar-refractivity contribution < 1.29 is 9.59 Å². The van der Waals surface area contributed by atoms with Gasteiger partial charge in [-0.2, -0.15) is 0 Å². The number of hydrogen-bond acceptors (Lipinski definition) is 3. The number of para-hydroxylation sites is 1. The SMILES string of the molecule is CCCNC(=O)c1ccccc1NC(=O)[C@@H](C)Sc1ccc(Cl)cc1. The van der Waals surface area contributed by atoms with E-state index in [9.17, 15) is 9.59 Å². The first-order chi connectivity index (χ1) is 12.0. The van der Waals surface area contributed by atoms with Gasteiger partial charge in [-0.25, -0.2) is 0 Å².